The SMILES string of the molecule is CCn1c(CC(NN)C(C)C2CC2)nc2ccccc21. The zero-order valence-electron chi connectivity index (χ0n) is 12.3. The van der Waals surface area contributed by atoms with Crippen LogP contribution in [0.5, 0.6) is 0 Å². The van der Waals surface area contributed by atoms with Crippen molar-refractivity contribution in [3.05, 3.63) is 30.1 Å². The predicted molar refractivity (Wildman–Crippen MR) is 82.1 cm³/mol. The summed E-state index contributed by atoms with van der Waals surface area (Å²) in [4.78, 5) is 4.80. The summed E-state index contributed by atoms with van der Waals surface area (Å²) in [7, 11) is 0. The third-order valence-electron chi connectivity index (χ3n) is 4.67. The maximum absolute atomic E-state index is 5.79. The molecule has 3 rings (SSSR count). The van der Waals surface area contributed by atoms with Crippen LogP contribution in [-0.2, 0) is 13.0 Å². The highest BCUT2D eigenvalue weighted by Gasteiger charge is 2.33. The van der Waals surface area contributed by atoms with Gasteiger partial charge >= 0.3 is 0 Å². The van der Waals surface area contributed by atoms with Crippen molar-refractivity contribution in [3.63, 3.8) is 0 Å². The third-order valence-corrected chi connectivity index (χ3v) is 4.67. The standard InChI is InChI=1S/C16H24N4/c1-3-20-15-7-5-4-6-13(15)18-16(20)10-14(19-17)11(2)12-8-9-12/h4-7,11-12,14,19H,3,8-10,17H2,1-2H3. The lowest BCUT2D eigenvalue weighted by Gasteiger charge is -2.23. The van der Waals surface area contributed by atoms with Crippen molar-refractivity contribution in [2.75, 3.05) is 0 Å². The summed E-state index contributed by atoms with van der Waals surface area (Å²) in [5.41, 5.74) is 5.32. The van der Waals surface area contributed by atoms with E-state index in [0.29, 0.717) is 12.0 Å². The molecule has 1 saturated carbocycles. The lowest BCUT2D eigenvalue weighted by Crippen LogP contribution is -2.42. The number of hydrogen-bond donors (Lipinski definition) is 2. The van der Waals surface area contributed by atoms with Gasteiger partial charge in [0.05, 0.1) is 11.0 Å². The van der Waals surface area contributed by atoms with Crippen molar-refractivity contribution in [2.24, 2.45) is 17.7 Å². The second-order valence-electron chi connectivity index (χ2n) is 5.93. The highest BCUT2D eigenvalue weighted by Crippen LogP contribution is 2.38. The molecule has 0 aliphatic heterocycles. The smallest absolute Gasteiger partial charge is 0.111 e. The van der Waals surface area contributed by atoms with E-state index in [1.54, 1.807) is 0 Å². The average molecular weight is 272 g/mol. The largest absolute Gasteiger partial charge is 0.328 e. The number of fused-ring (bicyclic) bond motifs is 1. The first kappa shape index (κ1) is 13.6. The Kier molecular flexibility index (Phi) is 3.76. The molecule has 0 bridgehead atoms. The number of para-hydroxylation sites is 2. The van der Waals surface area contributed by atoms with Crippen LogP contribution in [0.15, 0.2) is 24.3 Å². The Morgan fingerprint density at radius 2 is 2.15 bits per heavy atom. The van der Waals surface area contributed by atoms with E-state index in [9.17, 15) is 0 Å². The molecule has 4 heteroatoms. The van der Waals surface area contributed by atoms with Crippen LogP contribution in [0.3, 0.4) is 0 Å². The van der Waals surface area contributed by atoms with E-state index >= 15 is 0 Å². The molecule has 0 saturated heterocycles. The first-order valence-corrected chi connectivity index (χ1v) is 7.64. The highest BCUT2D eigenvalue weighted by molar-refractivity contribution is 5.75. The predicted octanol–water partition coefficient (Wildman–Crippen LogP) is 2.48. The fourth-order valence-corrected chi connectivity index (χ4v) is 3.18. The van der Waals surface area contributed by atoms with Gasteiger partial charge in [0.1, 0.15) is 5.82 Å². The van der Waals surface area contributed by atoms with Gasteiger partial charge in [-0.1, -0.05) is 19.1 Å². The van der Waals surface area contributed by atoms with Gasteiger partial charge in [0.15, 0.2) is 0 Å². The van der Waals surface area contributed by atoms with Crippen molar-refractivity contribution < 1.29 is 0 Å². The lowest BCUT2D eigenvalue weighted by atomic mass is 9.94. The molecule has 1 aliphatic rings. The second-order valence-corrected chi connectivity index (χ2v) is 5.93. The molecule has 1 heterocycles. The van der Waals surface area contributed by atoms with Crippen molar-refractivity contribution in [1.29, 1.82) is 0 Å². The summed E-state index contributed by atoms with van der Waals surface area (Å²) in [6, 6.07) is 8.66. The molecule has 108 valence electrons. The molecule has 20 heavy (non-hydrogen) atoms. The number of aryl methyl sites for hydroxylation is 1. The van der Waals surface area contributed by atoms with Crippen LogP contribution >= 0.6 is 0 Å². The Morgan fingerprint density at radius 1 is 1.40 bits per heavy atom. The first-order valence-electron chi connectivity index (χ1n) is 7.64. The molecule has 3 N–H and O–H groups in total. The summed E-state index contributed by atoms with van der Waals surface area (Å²) < 4.78 is 2.30. The number of imidazole rings is 1. The number of rotatable bonds is 6. The summed E-state index contributed by atoms with van der Waals surface area (Å²) >= 11 is 0. The number of nitrogens with one attached hydrogen (secondary N) is 1. The van der Waals surface area contributed by atoms with E-state index in [2.05, 4.69) is 42.0 Å². The molecule has 0 amide bonds. The Morgan fingerprint density at radius 3 is 2.80 bits per heavy atom. The van der Waals surface area contributed by atoms with Crippen LogP contribution in [0.1, 0.15) is 32.5 Å². The van der Waals surface area contributed by atoms with Crippen LogP contribution in [0.4, 0.5) is 0 Å². The van der Waals surface area contributed by atoms with Crippen molar-refractivity contribution in [3.8, 4) is 0 Å². The number of hydrazine groups is 1. The van der Waals surface area contributed by atoms with Crippen molar-refractivity contribution in [2.45, 2.75) is 45.7 Å². The van der Waals surface area contributed by atoms with E-state index in [4.69, 9.17) is 10.8 Å². The summed E-state index contributed by atoms with van der Waals surface area (Å²) in [6.45, 7) is 5.43. The van der Waals surface area contributed by atoms with Gasteiger partial charge in [-0.25, -0.2) is 4.98 Å². The van der Waals surface area contributed by atoms with Crippen LogP contribution < -0.4 is 11.3 Å². The molecule has 2 aromatic rings. The van der Waals surface area contributed by atoms with Gasteiger partial charge in [-0.05, 0) is 43.7 Å². The summed E-state index contributed by atoms with van der Waals surface area (Å²) in [5, 5.41) is 0. The minimum atomic E-state index is 0.310. The van der Waals surface area contributed by atoms with Crippen LogP contribution in [0.25, 0.3) is 11.0 Å². The van der Waals surface area contributed by atoms with Crippen molar-refractivity contribution in [1.82, 2.24) is 15.0 Å². The van der Waals surface area contributed by atoms with E-state index < -0.39 is 0 Å². The molecule has 1 aromatic heterocycles. The van der Waals surface area contributed by atoms with Gasteiger partial charge in [0, 0.05) is 19.0 Å². The number of aromatic nitrogens is 2. The number of hydrogen-bond acceptors (Lipinski definition) is 3. The molecule has 4 nitrogen and oxygen atoms in total. The molecule has 0 spiro atoms. The summed E-state index contributed by atoms with van der Waals surface area (Å²) in [6.07, 6.45) is 3.60. The maximum atomic E-state index is 5.79. The minimum absolute atomic E-state index is 0.310. The van der Waals surface area contributed by atoms with Gasteiger partial charge in [-0.15, -0.1) is 0 Å². The Labute approximate surface area is 120 Å². The normalized spacial score (nSPS) is 18.4. The number of benzene rings is 1. The van der Waals surface area contributed by atoms with Gasteiger partial charge in [0.2, 0.25) is 0 Å². The molecule has 1 aliphatic carbocycles. The third kappa shape index (κ3) is 2.45. The van der Waals surface area contributed by atoms with E-state index in [1.165, 1.54) is 18.4 Å². The van der Waals surface area contributed by atoms with Crippen LogP contribution in [0, 0.1) is 11.8 Å². The van der Waals surface area contributed by atoms with Gasteiger partial charge in [-0.2, -0.15) is 0 Å². The topological polar surface area (TPSA) is 55.9 Å². The van der Waals surface area contributed by atoms with Gasteiger partial charge in [-0.3, -0.25) is 11.3 Å². The molecular weight excluding hydrogens is 248 g/mol. The van der Waals surface area contributed by atoms with E-state index in [1.807, 2.05) is 6.07 Å². The Bertz CT molecular complexity index is 585. The lowest BCUT2D eigenvalue weighted by molar-refractivity contribution is 0.337. The van der Waals surface area contributed by atoms with Gasteiger partial charge < -0.3 is 4.57 Å². The fraction of sp³-hybridized carbons (Fsp3) is 0.562. The molecule has 1 aromatic carbocycles. The summed E-state index contributed by atoms with van der Waals surface area (Å²) in [5.74, 6) is 8.39. The Balaban J connectivity index is 1.88. The maximum Gasteiger partial charge on any atom is 0.111 e. The van der Waals surface area contributed by atoms with Crippen LogP contribution in [-0.4, -0.2) is 15.6 Å². The number of nitrogens with two attached hydrogens (primary N) is 1. The fourth-order valence-electron chi connectivity index (χ4n) is 3.18. The molecule has 0 radical (unpaired) electrons. The van der Waals surface area contributed by atoms with E-state index in [-0.39, 0.29) is 0 Å². The molecular formula is C16H24N4. The monoisotopic (exact) mass is 272 g/mol. The first-order chi connectivity index (χ1) is 9.74. The average Bonchev–Trinajstić information content (AvgIpc) is 3.25. The van der Waals surface area contributed by atoms with Crippen LogP contribution in [0.2, 0.25) is 0 Å². The number of nitrogens with zero attached hydrogens (tertiary/aromatic N) is 2. The zero-order chi connectivity index (χ0) is 14.1. The highest BCUT2D eigenvalue weighted by atomic mass is 15.2. The minimum Gasteiger partial charge on any atom is -0.328 e. The molecule has 1 fully saturated rings. The second kappa shape index (κ2) is 5.54. The molecule has 2 unspecified atom stereocenters. The van der Waals surface area contributed by atoms with Gasteiger partial charge in [0.25, 0.3) is 0 Å². The van der Waals surface area contributed by atoms with Crippen molar-refractivity contribution >= 4 is 11.0 Å². The van der Waals surface area contributed by atoms with E-state index in [0.717, 1.165) is 30.2 Å². The zero-order valence-corrected chi connectivity index (χ0v) is 12.3. The quantitative estimate of drug-likeness (QED) is 0.627. The molecule has 2 atom stereocenters. The Hall–Kier alpha value is -1.39.